The Balaban J connectivity index is 1.46. The zero-order chi connectivity index (χ0) is 19.1. The van der Waals surface area contributed by atoms with Crippen molar-refractivity contribution in [2.75, 3.05) is 19.9 Å². The molecule has 1 N–H and O–H groups in total. The first kappa shape index (κ1) is 20.1. The smallest absolute Gasteiger partial charge is 0.222 e. The Hall–Kier alpha value is -1.69. The highest BCUT2D eigenvalue weighted by Crippen LogP contribution is 2.28. The van der Waals surface area contributed by atoms with Gasteiger partial charge in [-0.1, -0.05) is 49.6 Å². The second-order valence-electron chi connectivity index (χ2n) is 7.46. The van der Waals surface area contributed by atoms with Gasteiger partial charge in [0.05, 0.1) is 13.2 Å². The number of hydrogen-bond donors (Lipinski definition) is 1. The van der Waals surface area contributed by atoms with Crippen molar-refractivity contribution in [3.8, 4) is 5.75 Å². The molecule has 0 aromatic heterocycles. The number of ether oxygens (including phenoxy) is 1. The molecule has 0 spiro atoms. The van der Waals surface area contributed by atoms with Crippen molar-refractivity contribution in [3.63, 3.8) is 0 Å². The summed E-state index contributed by atoms with van der Waals surface area (Å²) < 4.78 is 5.16. The van der Waals surface area contributed by atoms with Gasteiger partial charge in [-0.3, -0.25) is 9.79 Å². The number of nitrogens with one attached hydrogen (secondary N) is 1. The predicted octanol–water partition coefficient (Wildman–Crippen LogP) is 3.83. The van der Waals surface area contributed by atoms with E-state index >= 15 is 0 Å². The van der Waals surface area contributed by atoms with Crippen LogP contribution < -0.4 is 10.1 Å². The first-order valence-corrected chi connectivity index (χ1v) is 11.0. The van der Waals surface area contributed by atoms with Crippen LogP contribution in [0.3, 0.4) is 0 Å². The number of hydrogen-bond acceptors (Lipinski definition) is 4. The molecule has 5 nitrogen and oxygen atoms in total. The molecule has 1 unspecified atom stereocenters. The lowest BCUT2D eigenvalue weighted by molar-refractivity contribution is -0.121. The number of carbonyl (C=O) groups excluding carboxylic acids is 1. The minimum absolute atomic E-state index is 0.0963. The number of benzene rings is 1. The third-order valence-electron chi connectivity index (χ3n) is 5.44. The highest BCUT2D eigenvalue weighted by molar-refractivity contribution is 8.14. The molecule has 2 aliphatic rings. The van der Waals surface area contributed by atoms with Crippen LogP contribution in [0.15, 0.2) is 29.3 Å². The van der Waals surface area contributed by atoms with Crippen LogP contribution in [0.4, 0.5) is 0 Å². The molecule has 1 aromatic carbocycles. The molecular formula is C21H31N3O2S. The first-order valence-electron chi connectivity index (χ1n) is 9.99. The average Bonchev–Trinajstić information content (AvgIpc) is 2.89. The lowest BCUT2D eigenvalue weighted by Crippen LogP contribution is -2.36. The van der Waals surface area contributed by atoms with Gasteiger partial charge in [0.25, 0.3) is 0 Å². The van der Waals surface area contributed by atoms with E-state index in [1.54, 1.807) is 18.9 Å². The van der Waals surface area contributed by atoms with Crippen molar-refractivity contribution in [3.05, 3.63) is 29.8 Å². The highest BCUT2D eigenvalue weighted by Gasteiger charge is 2.29. The van der Waals surface area contributed by atoms with Crippen LogP contribution in [0.2, 0.25) is 0 Å². The zero-order valence-corrected chi connectivity index (χ0v) is 17.3. The zero-order valence-electron chi connectivity index (χ0n) is 16.4. The van der Waals surface area contributed by atoms with Gasteiger partial charge in [0, 0.05) is 31.8 Å². The molecule has 1 aliphatic heterocycles. The lowest BCUT2D eigenvalue weighted by atomic mass is 10.1. The molecule has 1 amide bonds. The molecule has 6 heteroatoms. The largest absolute Gasteiger partial charge is 0.497 e. The third kappa shape index (κ3) is 5.89. The molecule has 0 radical (unpaired) electrons. The Morgan fingerprint density at radius 2 is 1.93 bits per heavy atom. The summed E-state index contributed by atoms with van der Waals surface area (Å²) in [6, 6.07) is 8.50. The van der Waals surface area contributed by atoms with E-state index < -0.39 is 0 Å². The van der Waals surface area contributed by atoms with Crippen LogP contribution in [-0.2, 0) is 11.3 Å². The van der Waals surface area contributed by atoms with E-state index in [9.17, 15) is 4.79 Å². The standard InChI is InChI=1S/C21H31N3O2S/c1-24-18(15-27-21(24)23-17-7-5-3-4-6-8-17)13-20(25)22-14-16-9-11-19(26-2)12-10-16/h9-12,17-18H,3-8,13-15H2,1-2H3,(H,22,25). The van der Waals surface area contributed by atoms with E-state index in [1.807, 2.05) is 24.3 Å². The van der Waals surface area contributed by atoms with Gasteiger partial charge in [0.1, 0.15) is 5.75 Å². The van der Waals surface area contributed by atoms with Crippen LogP contribution in [-0.4, -0.2) is 48.0 Å². The quantitative estimate of drug-likeness (QED) is 0.752. The summed E-state index contributed by atoms with van der Waals surface area (Å²) in [6.07, 6.45) is 8.24. The van der Waals surface area contributed by atoms with Crippen LogP contribution in [0.1, 0.15) is 50.5 Å². The second-order valence-corrected chi connectivity index (χ2v) is 8.45. The molecule has 27 heavy (non-hydrogen) atoms. The van der Waals surface area contributed by atoms with E-state index in [4.69, 9.17) is 9.73 Å². The molecule has 1 atom stereocenters. The molecule has 1 aromatic rings. The number of amides is 1. The molecule has 1 aliphatic carbocycles. The Morgan fingerprint density at radius 3 is 2.59 bits per heavy atom. The van der Waals surface area contributed by atoms with Gasteiger partial charge >= 0.3 is 0 Å². The van der Waals surface area contributed by atoms with Crippen molar-refractivity contribution >= 4 is 22.8 Å². The number of carbonyl (C=O) groups is 1. The number of thioether (sulfide) groups is 1. The van der Waals surface area contributed by atoms with E-state index in [0.29, 0.717) is 19.0 Å². The van der Waals surface area contributed by atoms with E-state index in [0.717, 1.165) is 22.2 Å². The van der Waals surface area contributed by atoms with Gasteiger partial charge in [-0.2, -0.15) is 0 Å². The number of aliphatic imine (C=N–C) groups is 1. The Kier molecular flexibility index (Phi) is 7.44. The maximum atomic E-state index is 12.4. The molecule has 1 heterocycles. The van der Waals surface area contributed by atoms with Crippen LogP contribution in [0, 0.1) is 0 Å². The minimum atomic E-state index is 0.0963. The molecule has 2 fully saturated rings. The number of amidine groups is 1. The second kappa shape index (κ2) is 10.0. The summed E-state index contributed by atoms with van der Waals surface area (Å²) in [4.78, 5) is 19.6. The Labute approximate surface area is 166 Å². The van der Waals surface area contributed by atoms with Gasteiger partial charge in [0.15, 0.2) is 5.17 Å². The van der Waals surface area contributed by atoms with Crippen LogP contribution >= 0.6 is 11.8 Å². The van der Waals surface area contributed by atoms with Gasteiger partial charge in [-0.25, -0.2) is 0 Å². The van der Waals surface area contributed by atoms with E-state index in [1.165, 1.54) is 38.5 Å². The molecule has 1 saturated carbocycles. The fraction of sp³-hybridized carbons (Fsp3) is 0.619. The summed E-state index contributed by atoms with van der Waals surface area (Å²) in [5, 5.41) is 4.15. The molecule has 0 bridgehead atoms. The first-order chi connectivity index (χ1) is 13.2. The van der Waals surface area contributed by atoms with Crippen molar-refractivity contribution < 1.29 is 9.53 Å². The predicted molar refractivity (Wildman–Crippen MR) is 112 cm³/mol. The average molecular weight is 390 g/mol. The van der Waals surface area contributed by atoms with E-state index in [2.05, 4.69) is 17.3 Å². The summed E-state index contributed by atoms with van der Waals surface area (Å²) >= 11 is 1.80. The van der Waals surface area contributed by atoms with Crippen molar-refractivity contribution in [2.24, 2.45) is 4.99 Å². The van der Waals surface area contributed by atoms with Gasteiger partial charge in [-0.15, -0.1) is 0 Å². The fourth-order valence-corrected chi connectivity index (χ4v) is 4.90. The number of methoxy groups -OCH3 is 1. The van der Waals surface area contributed by atoms with Crippen molar-refractivity contribution in [1.82, 2.24) is 10.2 Å². The topological polar surface area (TPSA) is 53.9 Å². The summed E-state index contributed by atoms with van der Waals surface area (Å²) in [5.74, 6) is 1.87. The fourth-order valence-electron chi connectivity index (χ4n) is 3.64. The number of rotatable bonds is 6. The van der Waals surface area contributed by atoms with Gasteiger partial charge in [0.2, 0.25) is 5.91 Å². The Bertz CT molecular complexity index is 639. The number of nitrogens with zero attached hydrogens (tertiary/aromatic N) is 2. The molecule has 148 valence electrons. The normalized spacial score (nSPS) is 22.7. The van der Waals surface area contributed by atoms with Gasteiger partial charge in [-0.05, 0) is 30.5 Å². The Morgan fingerprint density at radius 1 is 1.22 bits per heavy atom. The monoisotopic (exact) mass is 389 g/mol. The van der Waals surface area contributed by atoms with Crippen LogP contribution in [0.25, 0.3) is 0 Å². The van der Waals surface area contributed by atoms with E-state index in [-0.39, 0.29) is 11.9 Å². The molecule has 3 rings (SSSR count). The molecular weight excluding hydrogens is 358 g/mol. The maximum absolute atomic E-state index is 12.4. The SMILES string of the molecule is COc1ccc(CNC(=O)CC2CSC(=NC3CCCCCC3)N2C)cc1. The minimum Gasteiger partial charge on any atom is -0.497 e. The van der Waals surface area contributed by atoms with Crippen LogP contribution in [0.5, 0.6) is 5.75 Å². The van der Waals surface area contributed by atoms with Gasteiger partial charge < -0.3 is 15.0 Å². The molecule has 1 saturated heterocycles. The lowest BCUT2D eigenvalue weighted by Gasteiger charge is -2.21. The van der Waals surface area contributed by atoms with Crippen molar-refractivity contribution in [2.45, 2.75) is 63.6 Å². The van der Waals surface area contributed by atoms with Crippen molar-refractivity contribution in [1.29, 1.82) is 0 Å². The summed E-state index contributed by atoms with van der Waals surface area (Å²) in [7, 11) is 3.73. The maximum Gasteiger partial charge on any atom is 0.222 e. The highest BCUT2D eigenvalue weighted by atomic mass is 32.2. The third-order valence-corrected chi connectivity index (χ3v) is 6.64. The summed E-state index contributed by atoms with van der Waals surface area (Å²) in [5.41, 5.74) is 1.08. The summed E-state index contributed by atoms with van der Waals surface area (Å²) in [6.45, 7) is 0.551.